The van der Waals surface area contributed by atoms with E-state index in [0.29, 0.717) is 11.9 Å². The number of aliphatic carboxylic acids is 1. The number of hydrogen-bond donors (Lipinski definition) is 2. The number of carboxylic acid groups (broad SMARTS) is 1. The first-order valence-electron chi connectivity index (χ1n) is 3.14. The molecule has 3 N–H and O–H groups in total. The Bertz CT molecular complexity index is 250. The van der Waals surface area contributed by atoms with Crippen LogP contribution in [0.5, 0.6) is 0 Å². The largest absolute Gasteiger partial charge is 0.478 e. The van der Waals surface area contributed by atoms with Crippen LogP contribution >= 0.6 is 12.4 Å². The van der Waals surface area contributed by atoms with Gasteiger partial charge in [0.05, 0.1) is 6.33 Å². The molecule has 0 amide bonds. The monoisotopic (exact) mass is 193 g/mol. The lowest BCUT2D eigenvalue weighted by Crippen LogP contribution is -2.15. The number of nitrogens with two attached hydrogens (primary N) is 1. The van der Waals surface area contributed by atoms with E-state index in [2.05, 4.69) is 0 Å². The van der Waals surface area contributed by atoms with Crippen molar-refractivity contribution >= 4 is 18.4 Å². The van der Waals surface area contributed by atoms with Gasteiger partial charge in [-0.25, -0.2) is 9.18 Å². The average molecular weight is 194 g/mol. The molecule has 0 spiro atoms. The maximum atomic E-state index is 11.9. The van der Waals surface area contributed by atoms with Crippen LogP contribution in [0.3, 0.4) is 0 Å². The summed E-state index contributed by atoms with van der Waals surface area (Å²) in [5, 5.41) is 8.47. The number of carboxylic acids is 1. The van der Waals surface area contributed by atoms with Crippen LogP contribution < -0.4 is 5.73 Å². The minimum absolute atomic E-state index is 0. The number of rotatable bonds is 1. The second-order valence-corrected chi connectivity index (χ2v) is 2.38. The minimum Gasteiger partial charge on any atom is -0.478 e. The molecular formula is C7H9ClFNO2. The van der Waals surface area contributed by atoms with Crippen molar-refractivity contribution in [3.8, 4) is 0 Å². The van der Waals surface area contributed by atoms with Crippen LogP contribution in [-0.2, 0) is 4.79 Å². The van der Waals surface area contributed by atoms with Gasteiger partial charge in [0.1, 0.15) is 0 Å². The van der Waals surface area contributed by atoms with Gasteiger partial charge in [0.15, 0.2) is 0 Å². The third-order valence-electron chi connectivity index (χ3n) is 1.62. The lowest BCUT2D eigenvalue weighted by atomic mass is 10.1. The van der Waals surface area contributed by atoms with Crippen molar-refractivity contribution in [1.82, 2.24) is 0 Å². The molecule has 68 valence electrons. The van der Waals surface area contributed by atoms with Gasteiger partial charge in [-0.1, -0.05) is 6.08 Å². The lowest BCUT2D eigenvalue weighted by Gasteiger charge is -1.98. The Morgan fingerprint density at radius 2 is 2.42 bits per heavy atom. The molecule has 0 heterocycles. The highest BCUT2D eigenvalue weighted by Gasteiger charge is 2.22. The molecule has 0 aliphatic heterocycles. The third kappa shape index (κ3) is 2.06. The predicted octanol–water partition coefficient (Wildman–Crippen LogP) is 1.00. The van der Waals surface area contributed by atoms with Gasteiger partial charge >= 0.3 is 5.97 Å². The van der Waals surface area contributed by atoms with Crippen molar-refractivity contribution in [3.05, 3.63) is 23.6 Å². The molecule has 1 aliphatic rings. The van der Waals surface area contributed by atoms with Gasteiger partial charge in [0, 0.05) is 18.0 Å². The number of halogens is 2. The van der Waals surface area contributed by atoms with E-state index in [0.717, 1.165) is 0 Å². The van der Waals surface area contributed by atoms with Crippen LogP contribution in [0.25, 0.3) is 0 Å². The fourth-order valence-corrected chi connectivity index (χ4v) is 0.979. The second-order valence-electron chi connectivity index (χ2n) is 2.38. The molecule has 1 rings (SSSR count). The van der Waals surface area contributed by atoms with Gasteiger partial charge in [-0.15, -0.1) is 12.4 Å². The van der Waals surface area contributed by atoms with E-state index in [4.69, 9.17) is 10.8 Å². The summed E-state index contributed by atoms with van der Waals surface area (Å²) in [6, 6.07) is -0.564. The molecule has 0 fully saturated rings. The second kappa shape index (κ2) is 4.23. The molecule has 0 aromatic heterocycles. The van der Waals surface area contributed by atoms with E-state index in [1.165, 1.54) is 6.08 Å². The molecular weight excluding hydrogens is 185 g/mol. The van der Waals surface area contributed by atoms with Gasteiger partial charge in [0.2, 0.25) is 0 Å². The summed E-state index contributed by atoms with van der Waals surface area (Å²) in [5.74, 6) is -1.03. The van der Waals surface area contributed by atoms with E-state index in [9.17, 15) is 9.18 Å². The predicted molar refractivity (Wildman–Crippen MR) is 44.8 cm³/mol. The smallest absolute Gasteiger partial charge is 0.331 e. The standard InChI is InChI=1S/C7H8FNO2.ClH/c8-3-5-1-4(7(10)11)2-6(5)9;/h2-3,6H,1,9H2,(H,10,11);1H/b5-3+;. The quantitative estimate of drug-likeness (QED) is 0.653. The van der Waals surface area contributed by atoms with E-state index < -0.39 is 12.0 Å². The van der Waals surface area contributed by atoms with Crippen LogP contribution in [0.1, 0.15) is 6.42 Å². The molecule has 5 heteroatoms. The fourth-order valence-electron chi connectivity index (χ4n) is 0.979. The summed E-state index contributed by atoms with van der Waals surface area (Å²) in [6.07, 6.45) is 1.85. The Kier molecular flexibility index (Phi) is 3.92. The summed E-state index contributed by atoms with van der Waals surface area (Å²) in [5.41, 5.74) is 5.86. The zero-order valence-corrected chi connectivity index (χ0v) is 6.97. The molecule has 1 atom stereocenters. The highest BCUT2D eigenvalue weighted by Crippen LogP contribution is 2.23. The molecule has 0 aromatic rings. The summed E-state index contributed by atoms with van der Waals surface area (Å²) < 4.78 is 11.9. The molecule has 1 aliphatic carbocycles. The molecule has 12 heavy (non-hydrogen) atoms. The SMILES string of the molecule is Cl.NC1C=C(C(=O)O)C/C1=C\F. The van der Waals surface area contributed by atoms with Gasteiger partial charge in [-0.3, -0.25) is 0 Å². The van der Waals surface area contributed by atoms with Gasteiger partial charge < -0.3 is 10.8 Å². The summed E-state index contributed by atoms with van der Waals surface area (Å²) in [6.45, 7) is 0. The first kappa shape index (κ1) is 11.1. The topological polar surface area (TPSA) is 63.3 Å². The zero-order valence-electron chi connectivity index (χ0n) is 6.16. The Morgan fingerprint density at radius 3 is 2.67 bits per heavy atom. The number of hydrogen-bond acceptors (Lipinski definition) is 2. The Hall–Kier alpha value is -0.870. The van der Waals surface area contributed by atoms with Crippen LogP contribution in [0, 0.1) is 0 Å². The van der Waals surface area contributed by atoms with E-state index >= 15 is 0 Å². The minimum atomic E-state index is -1.03. The van der Waals surface area contributed by atoms with E-state index in [1.54, 1.807) is 0 Å². The lowest BCUT2D eigenvalue weighted by molar-refractivity contribution is -0.132. The molecule has 0 saturated carbocycles. The Morgan fingerprint density at radius 1 is 1.83 bits per heavy atom. The molecule has 1 unspecified atom stereocenters. The van der Waals surface area contributed by atoms with Crippen molar-refractivity contribution in [2.45, 2.75) is 12.5 Å². The summed E-state index contributed by atoms with van der Waals surface area (Å²) >= 11 is 0. The average Bonchev–Trinajstić information content (AvgIpc) is 2.31. The summed E-state index contributed by atoms with van der Waals surface area (Å²) in [7, 11) is 0. The first-order chi connectivity index (χ1) is 5.15. The molecule has 0 bridgehead atoms. The Labute approximate surface area is 75.2 Å². The normalized spacial score (nSPS) is 25.0. The van der Waals surface area contributed by atoms with Gasteiger partial charge in [-0.05, 0) is 5.57 Å². The molecule has 0 aromatic carbocycles. The number of carbonyl (C=O) groups is 1. The zero-order chi connectivity index (χ0) is 8.43. The summed E-state index contributed by atoms with van der Waals surface area (Å²) in [4.78, 5) is 10.3. The van der Waals surface area contributed by atoms with Crippen molar-refractivity contribution in [2.24, 2.45) is 5.73 Å². The van der Waals surface area contributed by atoms with E-state index in [-0.39, 0.29) is 24.4 Å². The van der Waals surface area contributed by atoms with Crippen LogP contribution in [-0.4, -0.2) is 17.1 Å². The van der Waals surface area contributed by atoms with Crippen molar-refractivity contribution in [1.29, 1.82) is 0 Å². The first-order valence-corrected chi connectivity index (χ1v) is 3.14. The van der Waals surface area contributed by atoms with Crippen LogP contribution in [0.2, 0.25) is 0 Å². The maximum Gasteiger partial charge on any atom is 0.331 e. The maximum absolute atomic E-state index is 11.9. The highest BCUT2D eigenvalue weighted by molar-refractivity contribution is 5.88. The molecule has 0 saturated heterocycles. The third-order valence-corrected chi connectivity index (χ3v) is 1.62. The van der Waals surface area contributed by atoms with Crippen molar-refractivity contribution in [2.75, 3.05) is 0 Å². The fraction of sp³-hybridized carbons (Fsp3) is 0.286. The van der Waals surface area contributed by atoms with Gasteiger partial charge in [-0.2, -0.15) is 0 Å². The van der Waals surface area contributed by atoms with Crippen molar-refractivity contribution in [3.63, 3.8) is 0 Å². The highest BCUT2D eigenvalue weighted by atomic mass is 35.5. The van der Waals surface area contributed by atoms with Gasteiger partial charge in [0.25, 0.3) is 0 Å². The molecule has 3 nitrogen and oxygen atoms in total. The van der Waals surface area contributed by atoms with Crippen molar-refractivity contribution < 1.29 is 14.3 Å². The Balaban J connectivity index is 0.00000121. The van der Waals surface area contributed by atoms with E-state index in [1.807, 2.05) is 0 Å². The van der Waals surface area contributed by atoms with Crippen LogP contribution in [0.15, 0.2) is 23.6 Å². The van der Waals surface area contributed by atoms with Crippen LogP contribution in [0.4, 0.5) is 4.39 Å². The molecule has 0 radical (unpaired) electrons.